The number of hydrogen-bond acceptors (Lipinski definition) is 4. The number of benzene rings is 1. The Kier molecular flexibility index (Phi) is 4.74. The molecule has 0 bridgehead atoms. The van der Waals surface area contributed by atoms with E-state index in [0.717, 1.165) is 29.2 Å². The summed E-state index contributed by atoms with van der Waals surface area (Å²) in [5.41, 5.74) is 2.53. The van der Waals surface area contributed by atoms with Gasteiger partial charge in [0.1, 0.15) is 22.4 Å². The van der Waals surface area contributed by atoms with Gasteiger partial charge in [0.05, 0.1) is 0 Å². The monoisotopic (exact) mass is 320 g/mol. The van der Waals surface area contributed by atoms with Crippen molar-refractivity contribution in [2.45, 2.75) is 20.4 Å². The van der Waals surface area contributed by atoms with Crippen molar-refractivity contribution in [2.75, 3.05) is 17.2 Å². The molecule has 0 fully saturated rings. The number of hydrogen-bond donors (Lipinski definition) is 2. The predicted octanol–water partition coefficient (Wildman–Crippen LogP) is 3.59. The van der Waals surface area contributed by atoms with E-state index in [-0.39, 0.29) is 0 Å². The molecule has 0 saturated heterocycles. The highest BCUT2D eigenvalue weighted by Crippen LogP contribution is 2.26. The van der Waals surface area contributed by atoms with Crippen molar-refractivity contribution in [3.63, 3.8) is 0 Å². The quantitative estimate of drug-likeness (QED) is 0.883. The largest absolute Gasteiger partial charge is 0.369 e. The van der Waals surface area contributed by atoms with Gasteiger partial charge in [-0.1, -0.05) is 24.3 Å². The van der Waals surface area contributed by atoms with Gasteiger partial charge in [0.25, 0.3) is 0 Å². The van der Waals surface area contributed by atoms with Crippen LogP contribution in [-0.2, 0) is 6.54 Å². The lowest BCUT2D eigenvalue weighted by atomic mass is 10.1. The van der Waals surface area contributed by atoms with Crippen molar-refractivity contribution in [2.24, 2.45) is 0 Å². The first kappa shape index (κ1) is 13.8. The highest BCUT2D eigenvalue weighted by atomic mass is 79.9. The van der Waals surface area contributed by atoms with Gasteiger partial charge in [-0.3, -0.25) is 0 Å². The Morgan fingerprint density at radius 3 is 2.47 bits per heavy atom. The Hall–Kier alpha value is -1.62. The summed E-state index contributed by atoms with van der Waals surface area (Å²) in [7, 11) is 0. The third kappa shape index (κ3) is 3.44. The minimum atomic E-state index is 0.744. The summed E-state index contributed by atoms with van der Waals surface area (Å²) in [5, 5.41) is 6.52. The molecule has 0 saturated carbocycles. The van der Waals surface area contributed by atoms with Crippen LogP contribution in [0.3, 0.4) is 0 Å². The van der Waals surface area contributed by atoms with Gasteiger partial charge >= 0.3 is 0 Å². The van der Waals surface area contributed by atoms with Crippen LogP contribution < -0.4 is 10.6 Å². The molecule has 0 aliphatic carbocycles. The van der Waals surface area contributed by atoms with Gasteiger partial charge in [-0.15, -0.1) is 0 Å². The highest BCUT2D eigenvalue weighted by molar-refractivity contribution is 9.10. The summed E-state index contributed by atoms with van der Waals surface area (Å²) >= 11 is 3.52. The van der Waals surface area contributed by atoms with E-state index >= 15 is 0 Å². The fraction of sp³-hybridized carbons (Fsp3) is 0.286. The van der Waals surface area contributed by atoms with Crippen molar-refractivity contribution in [3.8, 4) is 0 Å². The average Bonchev–Trinajstić information content (AvgIpc) is 2.42. The molecule has 0 aliphatic heterocycles. The zero-order chi connectivity index (χ0) is 13.7. The molecule has 1 aromatic carbocycles. The first-order chi connectivity index (χ1) is 9.22. The van der Waals surface area contributed by atoms with Crippen molar-refractivity contribution in [1.29, 1.82) is 0 Å². The zero-order valence-electron chi connectivity index (χ0n) is 11.1. The number of nitrogens with zero attached hydrogens (tertiary/aromatic N) is 2. The average molecular weight is 321 g/mol. The van der Waals surface area contributed by atoms with Crippen LogP contribution in [0.5, 0.6) is 0 Å². The predicted molar refractivity (Wildman–Crippen MR) is 82.4 cm³/mol. The van der Waals surface area contributed by atoms with E-state index in [1.807, 2.05) is 19.1 Å². The molecule has 2 aromatic rings. The van der Waals surface area contributed by atoms with Crippen LogP contribution in [0.25, 0.3) is 0 Å². The van der Waals surface area contributed by atoms with E-state index in [1.54, 1.807) is 6.33 Å². The smallest absolute Gasteiger partial charge is 0.146 e. The molecule has 100 valence electrons. The second-order valence-corrected chi connectivity index (χ2v) is 4.99. The van der Waals surface area contributed by atoms with Crippen molar-refractivity contribution in [3.05, 3.63) is 46.2 Å². The van der Waals surface area contributed by atoms with Crippen LogP contribution in [0.4, 0.5) is 11.6 Å². The summed E-state index contributed by atoms with van der Waals surface area (Å²) in [5.74, 6) is 1.61. The van der Waals surface area contributed by atoms with Gasteiger partial charge in [-0.25, -0.2) is 9.97 Å². The second-order valence-electron chi connectivity index (χ2n) is 4.20. The van der Waals surface area contributed by atoms with Gasteiger partial charge in [0, 0.05) is 13.1 Å². The first-order valence-corrected chi connectivity index (χ1v) is 7.04. The molecule has 2 N–H and O–H groups in total. The Balaban J connectivity index is 2.12. The van der Waals surface area contributed by atoms with Crippen LogP contribution in [0.1, 0.15) is 18.1 Å². The van der Waals surface area contributed by atoms with E-state index in [0.29, 0.717) is 0 Å². The standard InChI is InChI=1S/C14H17BrN4/c1-3-16-13-12(15)14(19-9-18-13)17-8-11-7-5-4-6-10(11)2/h4-7,9H,3,8H2,1-2H3,(H2,16,17,18,19). The normalized spacial score (nSPS) is 10.3. The van der Waals surface area contributed by atoms with Crippen molar-refractivity contribution in [1.82, 2.24) is 9.97 Å². The Morgan fingerprint density at radius 1 is 1.11 bits per heavy atom. The fourth-order valence-corrected chi connectivity index (χ4v) is 2.26. The molecule has 0 spiro atoms. The molecule has 1 aromatic heterocycles. The molecule has 0 aliphatic rings. The Morgan fingerprint density at radius 2 is 1.79 bits per heavy atom. The van der Waals surface area contributed by atoms with E-state index in [1.165, 1.54) is 11.1 Å². The van der Waals surface area contributed by atoms with Gasteiger partial charge in [0.15, 0.2) is 0 Å². The lowest BCUT2D eigenvalue weighted by Crippen LogP contribution is -2.07. The van der Waals surface area contributed by atoms with E-state index in [9.17, 15) is 0 Å². The summed E-state index contributed by atoms with van der Waals surface area (Å²) in [6.07, 6.45) is 1.56. The number of anilines is 2. The number of halogens is 1. The maximum Gasteiger partial charge on any atom is 0.146 e. The number of nitrogens with one attached hydrogen (secondary N) is 2. The lowest BCUT2D eigenvalue weighted by molar-refractivity contribution is 1.05. The first-order valence-electron chi connectivity index (χ1n) is 6.25. The van der Waals surface area contributed by atoms with Crippen molar-refractivity contribution < 1.29 is 0 Å². The van der Waals surface area contributed by atoms with E-state index in [4.69, 9.17) is 0 Å². The second kappa shape index (κ2) is 6.52. The molecule has 2 rings (SSSR count). The van der Waals surface area contributed by atoms with Crippen LogP contribution in [0, 0.1) is 6.92 Å². The van der Waals surface area contributed by atoms with Gasteiger partial charge in [-0.05, 0) is 40.9 Å². The molecule has 0 atom stereocenters. The SMILES string of the molecule is CCNc1ncnc(NCc2ccccc2C)c1Br. The summed E-state index contributed by atoms with van der Waals surface area (Å²) < 4.78 is 0.866. The molecule has 5 heteroatoms. The Labute approximate surface area is 121 Å². The number of aryl methyl sites for hydroxylation is 1. The minimum Gasteiger partial charge on any atom is -0.369 e. The fourth-order valence-electron chi connectivity index (χ4n) is 1.77. The zero-order valence-corrected chi connectivity index (χ0v) is 12.7. The van der Waals surface area contributed by atoms with Crippen LogP contribution in [-0.4, -0.2) is 16.5 Å². The van der Waals surface area contributed by atoms with Gasteiger partial charge in [-0.2, -0.15) is 0 Å². The lowest BCUT2D eigenvalue weighted by Gasteiger charge is -2.12. The Bertz CT molecular complexity index is 557. The maximum absolute atomic E-state index is 4.26. The van der Waals surface area contributed by atoms with Crippen LogP contribution in [0.2, 0.25) is 0 Å². The number of rotatable bonds is 5. The molecule has 19 heavy (non-hydrogen) atoms. The molecule has 1 heterocycles. The molecular formula is C14H17BrN4. The van der Waals surface area contributed by atoms with Gasteiger partial charge < -0.3 is 10.6 Å². The molecule has 0 radical (unpaired) electrons. The third-order valence-electron chi connectivity index (χ3n) is 2.84. The van der Waals surface area contributed by atoms with Gasteiger partial charge in [0.2, 0.25) is 0 Å². The third-order valence-corrected chi connectivity index (χ3v) is 3.59. The summed E-state index contributed by atoms with van der Waals surface area (Å²) in [6.45, 7) is 5.71. The summed E-state index contributed by atoms with van der Waals surface area (Å²) in [6, 6.07) is 8.31. The molecular weight excluding hydrogens is 304 g/mol. The maximum atomic E-state index is 4.26. The highest BCUT2D eigenvalue weighted by Gasteiger charge is 2.07. The molecule has 4 nitrogen and oxygen atoms in total. The number of aromatic nitrogens is 2. The molecule has 0 unspecified atom stereocenters. The van der Waals surface area contributed by atoms with Crippen molar-refractivity contribution >= 4 is 27.6 Å². The minimum absolute atomic E-state index is 0.744. The van der Waals surface area contributed by atoms with Crippen LogP contribution >= 0.6 is 15.9 Å². The van der Waals surface area contributed by atoms with Crippen LogP contribution in [0.15, 0.2) is 35.1 Å². The summed E-state index contributed by atoms with van der Waals surface area (Å²) in [4.78, 5) is 8.45. The topological polar surface area (TPSA) is 49.8 Å². The van der Waals surface area contributed by atoms with E-state index < -0.39 is 0 Å². The van der Waals surface area contributed by atoms with E-state index in [2.05, 4.69) is 55.6 Å². The molecule has 0 amide bonds.